The summed E-state index contributed by atoms with van der Waals surface area (Å²) in [6.45, 7) is 0. The van der Waals surface area contributed by atoms with E-state index < -0.39 is 0 Å². The molecule has 3 aromatic rings. The highest BCUT2D eigenvalue weighted by atomic mass is 15.4. The van der Waals surface area contributed by atoms with Crippen LogP contribution in [-0.4, -0.2) is 24.6 Å². The topological polar surface area (TPSA) is 74.0 Å². The molecule has 92 valence electrons. The van der Waals surface area contributed by atoms with E-state index in [1.54, 1.807) is 4.68 Å². The van der Waals surface area contributed by atoms with E-state index in [9.17, 15) is 0 Å². The van der Waals surface area contributed by atoms with Crippen LogP contribution in [0.5, 0.6) is 0 Å². The molecular weight excluding hydrogens is 228 g/mol. The number of pyridine rings is 1. The van der Waals surface area contributed by atoms with Gasteiger partial charge in [-0.1, -0.05) is 11.3 Å². The zero-order chi connectivity index (χ0) is 12.5. The monoisotopic (exact) mass is 242 g/mol. The molecule has 0 aromatic carbocycles. The van der Waals surface area contributed by atoms with Crippen molar-refractivity contribution in [2.24, 2.45) is 12.8 Å². The summed E-state index contributed by atoms with van der Waals surface area (Å²) < 4.78 is 3.50. The highest BCUT2D eigenvalue weighted by molar-refractivity contribution is 5.54. The number of nitrogens with two attached hydrogens (primary N) is 1. The fourth-order valence-corrected chi connectivity index (χ4v) is 2.06. The Bertz CT molecular complexity index is 668. The number of aromatic nitrogens is 5. The molecule has 0 radical (unpaired) electrons. The molecule has 6 heteroatoms. The first-order chi connectivity index (χ1) is 8.74. The van der Waals surface area contributed by atoms with E-state index in [0.29, 0.717) is 6.42 Å². The Balaban J connectivity index is 1.90. The second kappa shape index (κ2) is 4.23. The van der Waals surface area contributed by atoms with Crippen LogP contribution in [0, 0.1) is 0 Å². The van der Waals surface area contributed by atoms with Crippen molar-refractivity contribution < 1.29 is 0 Å². The molecule has 3 heterocycles. The largest absolute Gasteiger partial charge is 0.324 e. The van der Waals surface area contributed by atoms with Gasteiger partial charge in [0.25, 0.3) is 0 Å². The fourth-order valence-electron chi connectivity index (χ4n) is 2.06. The molecule has 0 aliphatic rings. The molecule has 3 rings (SSSR count). The summed E-state index contributed by atoms with van der Waals surface area (Å²) in [6, 6.07) is 5.81. The van der Waals surface area contributed by atoms with Crippen LogP contribution in [0.15, 0.2) is 36.8 Å². The summed E-state index contributed by atoms with van der Waals surface area (Å²) in [5, 5.41) is 12.2. The molecule has 1 unspecified atom stereocenters. The molecule has 0 aliphatic heterocycles. The van der Waals surface area contributed by atoms with Gasteiger partial charge < -0.3 is 5.73 Å². The van der Waals surface area contributed by atoms with Gasteiger partial charge in [0.2, 0.25) is 0 Å². The smallest absolute Gasteiger partial charge is 0.0845 e. The maximum absolute atomic E-state index is 6.22. The first kappa shape index (κ1) is 10.9. The first-order valence-corrected chi connectivity index (χ1v) is 5.77. The van der Waals surface area contributed by atoms with Crippen LogP contribution in [0.4, 0.5) is 0 Å². The Morgan fingerprint density at radius 1 is 1.39 bits per heavy atom. The third kappa shape index (κ3) is 1.86. The summed E-state index contributed by atoms with van der Waals surface area (Å²) in [7, 11) is 1.84. The van der Waals surface area contributed by atoms with E-state index in [-0.39, 0.29) is 6.04 Å². The molecule has 0 bridgehead atoms. The Kier molecular flexibility index (Phi) is 2.56. The minimum atomic E-state index is -0.124. The third-order valence-electron chi connectivity index (χ3n) is 2.93. The molecular formula is C12H14N6. The van der Waals surface area contributed by atoms with Gasteiger partial charge in [-0.3, -0.25) is 4.68 Å². The van der Waals surface area contributed by atoms with Gasteiger partial charge in [0, 0.05) is 37.5 Å². The molecule has 0 fully saturated rings. The van der Waals surface area contributed by atoms with Crippen molar-refractivity contribution >= 4 is 5.52 Å². The van der Waals surface area contributed by atoms with Gasteiger partial charge in [-0.15, -0.1) is 5.10 Å². The molecule has 2 N–H and O–H groups in total. The van der Waals surface area contributed by atoms with Crippen LogP contribution in [0.25, 0.3) is 5.52 Å². The number of rotatable bonds is 3. The lowest BCUT2D eigenvalue weighted by Gasteiger charge is -2.07. The van der Waals surface area contributed by atoms with Crippen LogP contribution >= 0.6 is 0 Å². The molecule has 0 spiro atoms. The molecule has 0 amide bonds. The van der Waals surface area contributed by atoms with Crippen LogP contribution in [0.1, 0.15) is 17.3 Å². The zero-order valence-corrected chi connectivity index (χ0v) is 10.1. The normalized spacial score (nSPS) is 13.0. The predicted molar refractivity (Wildman–Crippen MR) is 66.8 cm³/mol. The van der Waals surface area contributed by atoms with Crippen LogP contribution in [0.3, 0.4) is 0 Å². The van der Waals surface area contributed by atoms with Crippen LogP contribution < -0.4 is 5.73 Å². The zero-order valence-electron chi connectivity index (χ0n) is 10.1. The van der Waals surface area contributed by atoms with Crippen molar-refractivity contribution in [1.82, 2.24) is 24.6 Å². The Hall–Kier alpha value is -2.21. The summed E-state index contributed by atoms with van der Waals surface area (Å²) in [4.78, 5) is 0. The standard InChI is InChI=1S/C12H14N6/c1-17-8-9(15-16-17)6-11(13)10-7-14-18-5-3-2-4-12(10)18/h2-5,7-8,11H,6,13H2,1H3. The second-order valence-corrected chi connectivity index (χ2v) is 4.32. The summed E-state index contributed by atoms with van der Waals surface area (Å²) in [5.41, 5.74) is 9.17. The lowest BCUT2D eigenvalue weighted by atomic mass is 10.1. The van der Waals surface area contributed by atoms with E-state index in [1.807, 2.05) is 48.4 Å². The van der Waals surface area contributed by atoms with Crippen molar-refractivity contribution in [3.63, 3.8) is 0 Å². The minimum absolute atomic E-state index is 0.124. The highest BCUT2D eigenvalue weighted by Crippen LogP contribution is 2.19. The minimum Gasteiger partial charge on any atom is -0.324 e. The number of aryl methyl sites for hydroxylation is 1. The van der Waals surface area contributed by atoms with E-state index in [0.717, 1.165) is 16.8 Å². The molecule has 1 atom stereocenters. The Morgan fingerprint density at radius 3 is 3.06 bits per heavy atom. The maximum atomic E-state index is 6.22. The number of nitrogens with zero attached hydrogens (tertiary/aromatic N) is 5. The molecule has 6 nitrogen and oxygen atoms in total. The van der Waals surface area contributed by atoms with Gasteiger partial charge in [0.15, 0.2) is 0 Å². The van der Waals surface area contributed by atoms with Gasteiger partial charge in [0.1, 0.15) is 0 Å². The van der Waals surface area contributed by atoms with Crippen LogP contribution in [-0.2, 0) is 13.5 Å². The molecule has 0 saturated carbocycles. The Labute approximate surface area is 104 Å². The van der Waals surface area contributed by atoms with Gasteiger partial charge >= 0.3 is 0 Å². The lowest BCUT2D eigenvalue weighted by molar-refractivity contribution is 0.696. The summed E-state index contributed by atoms with van der Waals surface area (Å²) in [5.74, 6) is 0. The van der Waals surface area contributed by atoms with E-state index in [4.69, 9.17) is 5.73 Å². The van der Waals surface area contributed by atoms with Gasteiger partial charge in [-0.25, -0.2) is 4.52 Å². The Morgan fingerprint density at radius 2 is 2.28 bits per heavy atom. The van der Waals surface area contributed by atoms with Crippen molar-refractivity contribution in [3.8, 4) is 0 Å². The van der Waals surface area contributed by atoms with Crippen molar-refractivity contribution in [2.75, 3.05) is 0 Å². The molecule has 0 aliphatic carbocycles. The number of hydrogen-bond acceptors (Lipinski definition) is 4. The second-order valence-electron chi connectivity index (χ2n) is 4.32. The predicted octanol–water partition coefficient (Wildman–Crippen LogP) is 0.705. The third-order valence-corrected chi connectivity index (χ3v) is 2.93. The quantitative estimate of drug-likeness (QED) is 0.734. The fraction of sp³-hybridized carbons (Fsp3) is 0.250. The van der Waals surface area contributed by atoms with Crippen molar-refractivity contribution in [2.45, 2.75) is 12.5 Å². The van der Waals surface area contributed by atoms with Gasteiger partial charge in [-0.05, 0) is 12.1 Å². The summed E-state index contributed by atoms with van der Waals surface area (Å²) >= 11 is 0. The SMILES string of the molecule is Cn1cc(CC(N)c2cnn3ccccc23)nn1. The van der Waals surface area contributed by atoms with Crippen molar-refractivity contribution in [1.29, 1.82) is 0 Å². The molecule has 0 saturated heterocycles. The van der Waals surface area contributed by atoms with Gasteiger partial charge in [-0.2, -0.15) is 5.10 Å². The molecule has 3 aromatic heterocycles. The van der Waals surface area contributed by atoms with Crippen LogP contribution in [0.2, 0.25) is 0 Å². The number of fused-ring (bicyclic) bond motifs is 1. The van der Waals surface area contributed by atoms with Gasteiger partial charge in [0.05, 0.1) is 17.4 Å². The highest BCUT2D eigenvalue weighted by Gasteiger charge is 2.14. The van der Waals surface area contributed by atoms with Crippen molar-refractivity contribution in [3.05, 3.63) is 48.0 Å². The summed E-state index contributed by atoms with van der Waals surface area (Å²) in [6.07, 6.45) is 6.26. The first-order valence-electron chi connectivity index (χ1n) is 5.77. The number of hydrogen-bond donors (Lipinski definition) is 1. The average molecular weight is 242 g/mol. The van der Waals surface area contributed by atoms with E-state index in [2.05, 4.69) is 15.4 Å². The van der Waals surface area contributed by atoms with E-state index in [1.165, 1.54) is 0 Å². The van der Waals surface area contributed by atoms with E-state index >= 15 is 0 Å². The molecule has 18 heavy (non-hydrogen) atoms. The maximum Gasteiger partial charge on any atom is 0.0845 e. The lowest BCUT2D eigenvalue weighted by Crippen LogP contribution is -2.13. The average Bonchev–Trinajstić information content (AvgIpc) is 2.95.